The summed E-state index contributed by atoms with van der Waals surface area (Å²) in [5, 5.41) is 5.37. The number of anilines is 1. The number of likely N-dealkylation sites (tertiary alicyclic amines) is 1. The van der Waals surface area contributed by atoms with Crippen LogP contribution in [0.2, 0.25) is 0 Å². The number of nitrogens with zero attached hydrogens (tertiary/aromatic N) is 1. The Hall–Kier alpha value is -3.15. The van der Waals surface area contributed by atoms with Crippen molar-refractivity contribution in [2.45, 2.75) is 13.0 Å². The van der Waals surface area contributed by atoms with Gasteiger partial charge >= 0.3 is 0 Å². The zero-order valence-electron chi connectivity index (χ0n) is 14.6. The highest BCUT2D eigenvalue weighted by atomic mass is 16.2. The summed E-state index contributed by atoms with van der Waals surface area (Å²) in [4.78, 5) is 37.9. The molecule has 1 aliphatic heterocycles. The summed E-state index contributed by atoms with van der Waals surface area (Å²) in [6.45, 7) is 0.931. The van der Waals surface area contributed by atoms with Crippen molar-refractivity contribution in [3.8, 4) is 0 Å². The third kappa shape index (κ3) is 4.08. The molecule has 6 heteroatoms. The second kappa shape index (κ2) is 7.82. The minimum absolute atomic E-state index is 0.0102. The van der Waals surface area contributed by atoms with Crippen molar-refractivity contribution < 1.29 is 14.4 Å². The van der Waals surface area contributed by atoms with Crippen molar-refractivity contribution in [3.05, 3.63) is 65.7 Å². The first-order valence-electron chi connectivity index (χ1n) is 8.51. The molecular weight excluding hydrogens is 330 g/mol. The quantitative estimate of drug-likeness (QED) is 0.865. The van der Waals surface area contributed by atoms with Crippen LogP contribution in [0.3, 0.4) is 0 Å². The molecule has 1 unspecified atom stereocenters. The summed E-state index contributed by atoms with van der Waals surface area (Å²) in [6, 6.07) is 16.4. The zero-order chi connectivity index (χ0) is 18.5. The minimum atomic E-state index is -0.371. The van der Waals surface area contributed by atoms with Crippen LogP contribution < -0.4 is 10.6 Å². The number of hydrogen-bond donors (Lipinski definition) is 2. The van der Waals surface area contributed by atoms with Gasteiger partial charge in [-0.15, -0.1) is 0 Å². The predicted molar refractivity (Wildman–Crippen MR) is 98.4 cm³/mol. The van der Waals surface area contributed by atoms with Crippen LogP contribution in [0.1, 0.15) is 22.3 Å². The summed E-state index contributed by atoms with van der Waals surface area (Å²) in [6.07, 6.45) is 0.217. The maximum absolute atomic E-state index is 12.5. The lowest BCUT2D eigenvalue weighted by Gasteiger charge is -2.16. The van der Waals surface area contributed by atoms with Gasteiger partial charge < -0.3 is 15.5 Å². The zero-order valence-corrected chi connectivity index (χ0v) is 14.6. The maximum atomic E-state index is 12.5. The molecular formula is C20H21N3O3. The fraction of sp³-hybridized carbons (Fsp3) is 0.250. The van der Waals surface area contributed by atoms with Gasteiger partial charge in [-0.3, -0.25) is 14.4 Å². The normalized spacial score (nSPS) is 16.4. The summed E-state index contributed by atoms with van der Waals surface area (Å²) in [5.41, 5.74) is 2.18. The predicted octanol–water partition coefficient (Wildman–Crippen LogP) is 2.03. The van der Waals surface area contributed by atoms with Gasteiger partial charge in [0.1, 0.15) is 0 Å². The molecule has 2 N–H and O–H groups in total. The highest BCUT2D eigenvalue weighted by molar-refractivity contribution is 5.98. The number of nitrogens with one attached hydrogen (secondary N) is 2. The third-order valence-corrected chi connectivity index (χ3v) is 4.44. The Morgan fingerprint density at radius 2 is 1.77 bits per heavy atom. The molecule has 1 heterocycles. The van der Waals surface area contributed by atoms with Crippen molar-refractivity contribution in [2.24, 2.45) is 5.92 Å². The van der Waals surface area contributed by atoms with Crippen molar-refractivity contribution in [3.63, 3.8) is 0 Å². The highest BCUT2D eigenvalue weighted by Crippen LogP contribution is 2.22. The Morgan fingerprint density at radius 1 is 1.08 bits per heavy atom. The van der Waals surface area contributed by atoms with Crippen molar-refractivity contribution in [1.29, 1.82) is 0 Å². The van der Waals surface area contributed by atoms with Crippen LogP contribution in [0.5, 0.6) is 0 Å². The van der Waals surface area contributed by atoms with Gasteiger partial charge in [0.2, 0.25) is 11.8 Å². The summed E-state index contributed by atoms with van der Waals surface area (Å²) in [7, 11) is 1.57. The first kappa shape index (κ1) is 17.7. The van der Waals surface area contributed by atoms with Crippen LogP contribution in [0.25, 0.3) is 0 Å². The van der Waals surface area contributed by atoms with Crippen LogP contribution in [-0.2, 0) is 16.1 Å². The molecule has 1 atom stereocenters. The van der Waals surface area contributed by atoms with E-state index >= 15 is 0 Å². The van der Waals surface area contributed by atoms with Crippen molar-refractivity contribution >= 4 is 23.4 Å². The number of carbonyl (C=O) groups excluding carboxylic acids is 3. The minimum Gasteiger partial charge on any atom is -0.355 e. The van der Waals surface area contributed by atoms with E-state index in [9.17, 15) is 14.4 Å². The van der Waals surface area contributed by atoms with Crippen LogP contribution in [-0.4, -0.2) is 36.2 Å². The fourth-order valence-electron chi connectivity index (χ4n) is 3.00. The Labute approximate surface area is 152 Å². The second-order valence-corrected chi connectivity index (χ2v) is 6.31. The molecule has 0 aliphatic carbocycles. The molecule has 26 heavy (non-hydrogen) atoms. The monoisotopic (exact) mass is 351 g/mol. The topological polar surface area (TPSA) is 78.5 Å². The number of amides is 3. The molecule has 0 spiro atoms. The maximum Gasteiger partial charge on any atom is 0.251 e. The molecule has 1 fully saturated rings. The SMILES string of the molecule is CNC(=O)c1ccc(NC(=O)C2CC(=O)N(Cc3ccccc3)C2)cc1. The lowest BCUT2D eigenvalue weighted by Crippen LogP contribution is -2.28. The standard InChI is InChI=1S/C20H21N3O3/c1-21-19(25)15-7-9-17(10-8-15)22-20(26)16-11-18(24)23(13-16)12-14-5-3-2-4-6-14/h2-10,16H,11-13H2,1H3,(H,21,25)(H,22,26). The molecule has 0 bridgehead atoms. The second-order valence-electron chi connectivity index (χ2n) is 6.31. The first-order valence-corrected chi connectivity index (χ1v) is 8.51. The molecule has 2 aromatic rings. The van der Waals surface area contributed by atoms with Gasteiger partial charge in [-0.25, -0.2) is 0 Å². The molecule has 0 radical (unpaired) electrons. The Bertz CT molecular complexity index is 803. The van der Waals surface area contributed by atoms with Gasteiger partial charge in [0.05, 0.1) is 5.92 Å². The molecule has 2 aromatic carbocycles. The molecule has 134 valence electrons. The van der Waals surface area contributed by atoms with E-state index in [1.165, 1.54) is 0 Å². The molecule has 1 aliphatic rings. The number of rotatable bonds is 5. The number of benzene rings is 2. The molecule has 6 nitrogen and oxygen atoms in total. The Kier molecular flexibility index (Phi) is 5.31. The van der Waals surface area contributed by atoms with E-state index in [4.69, 9.17) is 0 Å². The highest BCUT2D eigenvalue weighted by Gasteiger charge is 2.34. The van der Waals surface area contributed by atoms with Gasteiger partial charge in [0, 0.05) is 37.8 Å². The molecule has 0 aromatic heterocycles. The van der Waals surface area contributed by atoms with Crippen LogP contribution in [0.15, 0.2) is 54.6 Å². The third-order valence-electron chi connectivity index (χ3n) is 4.44. The van der Waals surface area contributed by atoms with Gasteiger partial charge in [-0.05, 0) is 29.8 Å². The van der Waals surface area contributed by atoms with E-state index in [-0.39, 0.29) is 30.1 Å². The Morgan fingerprint density at radius 3 is 2.42 bits per heavy atom. The lowest BCUT2D eigenvalue weighted by molar-refractivity contribution is -0.128. The fourth-order valence-corrected chi connectivity index (χ4v) is 3.00. The van der Waals surface area contributed by atoms with E-state index in [1.54, 1.807) is 36.2 Å². The molecule has 3 amide bonds. The summed E-state index contributed by atoms with van der Waals surface area (Å²) in [5.74, 6) is -0.740. The molecule has 3 rings (SSSR count). The molecule has 1 saturated heterocycles. The number of carbonyl (C=O) groups is 3. The van der Waals surface area contributed by atoms with E-state index in [0.717, 1.165) is 5.56 Å². The van der Waals surface area contributed by atoms with Crippen molar-refractivity contribution in [1.82, 2.24) is 10.2 Å². The van der Waals surface area contributed by atoms with E-state index in [2.05, 4.69) is 10.6 Å². The van der Waals surface area contributed by atoms with Gasteiger partial charge in [0.25, 0.3) is 5.91 Å². The smallest absolute Gasteiger partial charge is 0.251 e. The largest absolute Gasteiger partial charge is 0.355 e. The molecule has 0 saturated carbocycles. The lowest BCUT2D eigenvalue weighted by atomic mass is 10.1. The summed E-state index contributed by atoms with van der Waals surface area (Å²) >= 11 is 0. The Balaban J connectivity index is 1.58. The van der Waals surface area contributed by atoms with E-state index in [0.29, 0.717) is 24.3 Å². The van der Waals surface area contributed by atoms with Gasteiger partial charge in [-0.2, -0.15) is 0 Å². The van der Waals surface area contributed by atoms with Crippen LogP contribution >= 0.6 is 0 Å². The van der Waals surface area contributed by atoms with E-state index in [1.807, 2.05) is 30.3 Å². The van der Waals surface area contributed by atoms with Crippen molar-refractivity contribution in [2.75, 3.05) is 18.9 Å². The number of hydrogen-bond acceptors (Lipinski definition) is 3. The van der Waals surface area contributed by atoms with Gasteiger partial charge in [0.15, 0.2) is 0 Å². The van der Waals surface area contributed by atoms with Gasteiger partial charge in [-0.1, -0.05) is 30.3 Å². The summed E-state index contributed by atoms with van der Waals surface area (Å²) < 4.78 is 0. The van der Waals surface area contributed by atoms with Crippen LogP contribution in [0, 0.1) is 5.92 Å². The van der Waals surface area contributed by atoms with Crippen LogP contribution in [0.4, 0.5) is 5.69 Å². The first-order chi connectivity index (χ1) is 12.6. The van der Waals surface area contributed by atoms with E-state index < -0.39 is 0 Å². The average Bonchev–Trinajstić information content (AvgIpc) is 3.03. The average molecular weight is 351 g/mol.